The highest BCUT2D eigenvalue weighted by Crippen LogP contribution is 2.54. The van der Waals surface area contributed by atoms with Crippen molar-refractivity contribution in [1.82, 2.24) is 10.2 Å². The van der Waals surface area contributed by atoms with Crippen LogP contribution in [0.1, 0.15) is 16.7 Å². The monoisotopic (exact) mass is 486 g/mol. The quantitative estimate of drug-likeness (QED) is 0.247. The van der Waals surface area contributed by atoms with Gasteiger partial charge in [0.25, 0.3) is 0 Å². The smallest absolute Gasteiger partial charge is 0.172 e. The maximum atomic E-state index is 15.7. The van der Waals surface area contributed by atoms with E-state index in [-0.39, 0.29) is 0 Å². The van der Waals surface area contributed by atoms with Crippen molar-refractivity contribution in [3.8, 4) is 0 Å². The zero-order valence-corrected chi connectivity index (χ0v) is 21.5. The lowest BCUT2D eigenvalue weighted by atomic mass is 9.92. The van der Waals surface area contributed by atoms with Crippen molar-refractivity contribution >= 4 is 57.9 Å². The Hall–Kier alpha value is -3.59. The Morgan fingerprint density at radius 2 is 1.40 bits per heavy atom. The largest absolute Gasteiger partial charge is 0.309 e. The molecule has 1 unspecified atom stereocenters. The lowest BCUT2D eigenvalue weighted by molar-refractivity contribution is 0.592. The van der Waals surface area contributed by atoms with E-state index in [0.29, 0.717) is 0 Å². The predicted molar refractivity (Wildman–Crippen MR) is 148 cm³/mol. The molecule has 2 aliphatic rings. The average molecular weight is 487 g/mol. The van der Waals surface area contributed by atoms with Crippen LogP contribution in [0.3, 0.4) is 0 Å². The highest BCUT2D eigenvalue weighted by Gasteiger charge is 2.48. The van der Waals surface area contributed by atoms with Gasteiger partial charge in [0.05, 0.1) is 6.20 Å². The summed E-state index contributed by atoms with van der Waals surface area (Å²) in [5, 5.41) is 16.2. The van der Waals surface area contributed by atoms with Gasteiger partial charge in [-0.05, 0) is 38.4 Å². The van der Waals surface area contributed by atoms with Crippen LogP contribution >= 0.6 is 7.14 Å². The molecular weight excluding hydrogens is 463 g/mol. The maximum absolute atomic E-state index is 15.7. The summed E-state index contributed by atoms with van der Waals surface area (Å²) in [5.74, 6) is 0. The molecule has 3 heterocycles. The first-order valence-electron chi connectivity index (χ1n) is 11.9. The fourth-order valence-corrected chi connectivity index (χ4v) is 12.6. The van der Waals surface area contributed by atoms with E-state index >= 15 is 4.57 Å². The summed E-state index contributed by atoms with van der Waals surface area (Å²) >= 11 is 0. The first kappa shape index (κ1) is 20.8. The number of aromatic nitrogens is 2. The standard InChI is InChI=1S/C30H23N2OPSi/c1-35(2)27-19-32-31-18-24(27)29-28-22-13-7-6-10-20(22)16-17-26(28)34(33,21-11-4-3-5-12-21)25-15-9-8-14-23(25)30(29)35/h3-19H,1-2H3. The van der Waals surface area contributed by atoms with Crippen molar-refractivity contribution in [2.45, 2.75) is 13.1 Å². The van der Waals surface area contributed by atoms with Crippen LogP contribution < -0.4 is 21.1 Å². The van der Waals surface area contributed by atoms with Crippen molar-refractivity contribution in [3.63, 3.8) is 0 Å². The molecule has 1 atom stereocenters. The van der Waals surface area contributed by atoms with Crippen molar-refractivity contribution in [2.75, 3.05) is 0 Å². The molecule has 4 aromatic carbocycles. The van der Waals surface area contributed by atoms with Crippen LogP contribution in [0.25, 0.3) is 21.5 Å². The molecule has 0 saturated heterocycles. The van der Waals surface area contributed by atoms with Gasteiger partial charge in [0.15, 0.2) is 7.14 Å². The van der Waals surface area contributed by atoms with Crippen molar-refractivity contribution in [2.24, 2.45) is 0 Å². The third-order valence-corrected chi connectivity index (χ3v) is 14.3. The van der Waals surface area contributed by atoms with Crippen LogP contribution in [-0.4, -0.2) is 18.3 Å². The van der Waals surface area contributed by atoms with Gasteiger partial charge in [-0.2, -0.15) is 10.2 Å². The van der Waals surface area contributed by atoms with Crippen molar-refractivity contribution < 1.29 is 4.57 Å². The van der Waals surface area contributed by atoms with E-state index in [4.69, 9.17) is 0 Å². The third kappa shape index (κ3) is 2.64. The van der Waals surface area contributed by atoms with Gasteiger partial charge in [0, 0.05) is 33.2 Å². The molecule has 2 aliphatic heterocycles. The molecule has 0 saturated carbocycles. The summed E-state index contributed by atoms with van der Waals surface area (Å²) in [4.78, 5) is 0. The topological polar surface area (TPSA) is 42.9 Å². The van der Waals surface area contributed by atoms with Crippen LogP contribution in [0, 0.1) is 0 Å². The summed E-state index contributed by atoms with van der Waals surface area (Å²) in [7, 11) is -5.34. The summed E-state index contributed by atoms with van der Waals surface area (Å²) in [6, 6.07) is 31.1. The molecule has 7 rings (SSSR count). The Morgan fingerprint density at radius 1 is 0.686 bits per heavy atom. The zero-order valence-electron chi connectivity index (χ0n) is 19.6. The van der Waals surface area contributed by atoms with E-state index in [9.17, 15) is 0 Å². The second-order valence-corrected chi connectivity index (χ2v) is 16.8. The van der Waals surface area contributed by atoms with Crippen LogP contribution in [0.5, 0.6) is 0 Å². The van der Waals surface area contributed by atoms with E-state index in [2.05, 4.69) is 77.9 Å². The molecule has 0 amide bonds. The highest BCUT2D eigenvalue weighted by molar-refractivity contribution is 7.85. The molecule has 5 aromatic rings. The molecule has 0 bridgehead atoms. The van der Waals surface area contributed by atoms with Gasteiger partial charge in [-0.1, -0.05) is 98.0 Å². The Labute approximate surface area is 205 Å². The maximum Gasteiger partial charge on any atom is 0.172 e. The minimum Gasteiger partial charge on any atom is -0.309 e. The van der Waals surface area contributed by atoms with E-state index in [0.717, 1.165) is 43.4 Å². The number of fused-ring (bicyclic) bond motifs is 8. The van der Waals surface area contributed by atoms with Crippen LogP contribution in [0.2, 0.25) is 13.1 Å². The Bertz CT molecular complexity index is 1760. The average Bonchev–Trinajstić information content (AvgIpc) is 3.08. The van der Waals surface area contributed by atoms with Crippen LogP contribution in [0.15, 0.2) is 103 Å². The van der Waals surface area contributed by atoms with Gasteiger partial charge in [0.1, 0.15) is 8.07 Å². The molecule has 168 valence electrons. The Balaban J connectivity index is 1.76. The fraction of sp³-hybridized carbons (Fsp3) is 0.0667. The number of hydrogen-bond acceptors (Lipinski definition) is 3. The fourth-order valence-electron chi connectivity index (χ4n) is 6.12. The van der Waals surface area contributed by atoms with E-state index in [1.165, 1.54) is 16.0 Å². The highest BCUT2D eigenvalue weighted by atomic mass is 31.2. The molecule has 0 fully saturated rings. The summed E-state index contributed by atoms with van der Waals surface area (Å²) in [6.45, 7) is 4.77. The van der Waals surface area contributed by atoms with E-state index < -0.39 is 15.2 Å². The molecule has 1 aromatic heterocycles. The van der Waals surface area contributed by atoms with Gasteiger partial charge >= 0.3 is 0 Å². The first-order valence-corrected chi connectivity index (χ1v) is 16.6. The normalized spacial score (nSPS) is 19.5. The molecule has 5 heteroatoms. The SMILES string of the molecule is C[Si]1(C)C2=C(c3cnncc31)c1c(ccc3ccccc13)P(=O)(c1ccccc1)c1ccccc12. The molecular formula is C30H23N2OPSi. The first-order chi connectivity index (χ1) is 17.0. The number of benzene rings is 4. The lowest BCUT2D eigenvalue weighted by Crippen LogP contribution is -2.42. The van der Waals surface area contributed by atoms with Crippen LogP contribution in [-0.2, 0) is 4.57 Å². The summed E-state index contributed by atoms with van der Waals surface area (Å²) in [5.41, 5.74) is 4.54. The van der Waals surface area contributed by atoms with Gasteiger partial charge < -0.3 is 4.57 Å². The molecule has 0 N–H and O–H groups in total. The predicted octanol–water partition coefficient (Wildman–Crippen LogP) is 5.01. The van der Waals surface area contributed by atoms with Crippen molar-refractivity contribution in [3.05, 3.63) is 120 Å². The van der Waals surface area contributed by atoms with Gasteiger partial charge in [-0.25, -0.2) is 0 Å². The molecule has 35 heavy (non-hydrogen) atoms. The minimum absolute atomic E-state index is 0.873. The molecule has 3 nitrogen and oxygen atoms in total. The van der Waals surface area contributed by atoms with Crippen LogP contribution in [0.4, 0.5) is 0 Å². The van der Waals surface area contributed by atoms with Crippen molar-refractivity contribution in [1.29, 1.82) is 0 Å². The summed E-state index contributed by atoms with van der Waals surface area (Å²) < 4.78 is 15.7. The van der Waals surface area contributed by atoms with E-state index in [1.54, 1.807) is 0 Å². The number of nitrogens with zero attached hydrogens (tertiary/aromatic N) is 2. The van der Waals surface area contributed by atoms with Gasteiger partial charge in [0.2, 0.25) is 0 Å². The molecule has 0 radical (unpaired) electrons. The van der Waals surface area contributed by atoms with Gasteiger partial charge in [-0.3, -0.25) is 0 Å². The second kappa shape index (κ2) is 7.21. The number of rotatable bonds is 1. The second-order valence-electron chi connectivity index (χ2n) is 9.83. The molecule has 0 aliphatic carbocycles. The zero-order chi connectivity index (χ0) is 23.8. The Kier molecular flexibility index (Phi) is 4.27. The minimum atomic E-state index is -3.17. The summed E-state index contributed by atoms with van der Waals surface area (Å²) in [6.07, 6.45) is 3.87. The Morgan fingerprint density at radius 3 is 2.26 bits per heavy atom. The molecule has 0 spiro atoms. The van der Waals surface area contributed by atoms with E-state index in [1.807, 2.05) is 48.8 Å². The third-order valence-electron chi connectivity index (χ3n) is 7.68. The lowest BCUT2D eigenvalue weighted by Gasteiger charge is -2.26. The number of hydrogen-bond donors (Lipinski definition) is 0. The van der Waals surface area contributed by atoms with Gasteiger partial charge in [-0.15, -0.1) is 0 Å².